The van der Waals surface area contributed by atoms with Gasteiger partial charge in [-0.05, 0) is 54.4 Å². The molecule has 0 radical (unpaired) electrons. The fourth-order valence-electron chi connectivity index (χ4n) is 1.33. The Balaban J connectivity index is 3.11. The summed E-state index contributed by atoms with van der Waals surface area (Å²) in [6.45, 7) is 6.39. The molecule has 0 saturated heterocycles. The lowest BCUT2D eigenvalue weighted by molar-refractivity contribution is 0.221. The van der Waals surface area contributed by atoms with Gasteiger partial charge in [-0.2, -0.15) is 0 Å². The van der Waals surface area contributed by atoms with E-state index in [1.54, 1.807) is 6.07 Å². The van der Waals surface area contributed by atoms with E-state index >= 15 is 0 Å². The number of hydrogen-bond acceptors (Lipinski definition) is 3. The van der Waals surface area contributed by atoms with Crippen molar-refractivity contribution >= 4 is 15.9 Å². The summed E-state index contributed by atoms with van der Waals surface area (Å²) in [6.07, 6.45) is 0.0792. The Morgan fingerprint density at radius 1 is 1.38 bits per heavy atom. The first kappa shape index (κ1) is 13.3. The number of aliphatic hydroxyl groups excluding tert-OH is 1. The second-order valence-electron chi connectivity index (χ2n) is 3.66. The van der Waals surface area contributed by atoms with Crippen molar-refractivity contribution in [3.63, 3.8) is 0 Å². The Bertz CT molecular complexity index is 350. The molecule has 0 heterocycles. The summed E-state index contributed by atoms with van der Waals surface area (Å²) in [5.41, 5.74) is 0.798. The molecule has 1 rings (SSSR count). The molecule has 0 bridgehead atoms. The van der Waals surface area contributed by atoms with Crippen molar-refractivity contribution in [2.75, 3.05) is 6.61 Å². The summed E-state index contributed by atoms with van der Waals surface area (Å²) in [6, 6.07) is 3.63. The topological polar surface area (TPSA) is 38.7 Å². The van der Waals surface area contributed by atoms with Crippen molar-refractivity contribution in [3.8, 4) is 11.5 Å². The molecule has 90 valence electrons. The monoisotopic (exact) mass is 288 g/mol. The number of rotatable bonds is 5. The van der Waals surface area contributed by atoms with Gasteiger partial charge >= 0.3 is 0 Å². The standard InChI is InChI=1S/C12H17BrO3/c1-4-15-11-6-9(7-14)5-10(13)12(11)16-8(2)3/h5-6,8,14H,4,7H2,1-3H3. The van der Waals surface area contributed by atoms with E-state index < -0.39 is 0 Å². The molecule has 0 fully saturated rings. The summed E-state index contributed by atoms with van der Waals surface area (Å²) in [5, 5.41) is 9.11. The van der Waals surface area contributed by atoms with E-state index in [2.05, 4.69) is 15.9 Å². The van der Waals surface area contributed by atoms with Crippen LogP contribution >= 0.6 is 15.9 Å². The zero-order valence-corrected chi connectivity index (χ0v) is 11.4. The maximum absolute atomic E-state index is 9.11. The normalized spacial score (nSPS) is 10.6. The Labute approximate surface area is 105 Å². The highest BCUT2D eigenvalue weighted by Crippen LogP contribution is 2.37. The second kappa shape index (κ2) is 6.11. The molecule has 0 saturated carbocycles. The molecule has 1 N–H and O–H groups in total. The highest BCUT2D eigenvalue weighted by Gasteiger charge is 2.13. The van der Waals surface area contributed by atoms with Gasteiger partial charge in [-0.3, -0.25) is 0 Å². The predicted molar refractivity (Wildman–Crippen MR) is 67.0 cm³/mol. The minimum atomic E-state index is -0.0133. The van der Waals surface area contributed by atoms with Crippen molar-refractivity contribution in [1.29, 1.82) is 0 Å². The van der Waals surface area contributed by atoms with E-state index in [9.17, 15) is 0 Å². The second-order valence-corrected chi connectivity index (χ2v) is 4.52. The Morgan fingerprint density at radius 3 is 2.56 bits per heavy atom. The predicted octanol–water partition coefficient (Wildman–Crippen LogP) is 3.13. The van der Waals surface area contributed by atoms with Crippen LogP contribution in [0, 0.1) is 0 Å². The molecule has 0 aromatic heterocycles. The van der Waals surface area contributed by atoms with E-state index in [4.69, 9.17) is 14.6 Å². The molecular weight excluding hydrogens is 272 g/mol. The molecule has 0 amide bonds. The molecule has 0 spiro atoms. The van der Waals surface area contributed by atoms with Crippen LogP contribution in [0.4, 0.5) is 0 Å². The molecule has 1 aromatic rings. The first-order valence-corrected chi connectivity index (χ1v) is 6.10. The average molecular weight is 289 g/mol. The van der Waals surface area contributed by atoms with Gasteiger partial charge in [0.15, 0.2) is 11.5 Å². The van der Waals surface area contributed by atoms with Gasteiger partial charge in [-0.1, -0.05) is 0 Å². The fraction of sp³-hybridized carbons (Fsp3) is 0.500. The van der Waals surface area contributed by atoms with Crippen LogP contribution < -0.4 is 9.47 Å². The highest BCUT2D eigenvalue weighted by atomic mass is 79.9. The van der Waals surface area contributed by atoms with E-state index in [0.717, 1.165) is 10.0 Å². The quantitative estimate of drug-likeness (QED) is 0.905. The van der Waals surface area contributed by atoms with Gasteiger partial charge in [-0.15, -0.1) is 0 Å². The third-order valence-electron chi connectivity index (χ3n) is 1.91. The van der Waals surface area contributed by atoms with Gasteiger partial charge in [-0.25, -0.2) is 0 Å². The van der Waals surface area contributed by atoms with Gasteiger partial charge in [0.1, 0.15) is 0 Å². The summed E-state index contributed by atoms with van der Waals surface area (Å²) in [4.78, 5) is 0. The summed E-state index contributed by atoms with van der Waals surface area (Å²) < 4.78 is 12.0. The smallest absolute Gasteiger partial charge is 0.175 e. The van der Waals surface area contributed by atoms with Gasteiger partial charge in [0, 0.05) is 0 Å². The number of hydrogen-bond donors (Lipinski definition) is 1. The van der Waals surface area contributed by atoms with Crippen LogP contribution in [0.2, 0.25) is 0 Å². The van der Waals surface area contributed by atoms with Crippen LogP contribution in [0.1, 0.15) is 26.3 Å². The van der Waals surface area contributed by atoms with Crippen LogP contribution in [0.25, 0.3) is 0 Å². The van der Waals surface area contributed by atoms with Crippen molar-refractivity contribution in [2.45, 2.75) is 33.5 Å². The Kier molecular flexibility index (Phi) is 5.09. The van der Waals surface area contributed by atoms with Crippen molar-refractivity contribution in [1.82, 2.24) is 0 Å². The number of ether oxygens (including phenoxy) is 2. The minimum absolute atomic E-state index is 0.0133. The van der Waals surface area contributed by atoms with Crippen molar-refractivity contribution in [2.24, 2.45) is 0 Å². The molecule has 0 aliphatic rings. The number of aliphatic hydroxyl groups is 1. The third-order valence-corrected chi connectivity index (χ3v) is 2.49. The zero-order valence-electron chi connectivity index (χ0n) is 9.79. The highest BCUT2D eigenvalue weighted by molar-refractivity contribution is 9.10. The lowest BCUT2D eigenvalue weighted by Gasteiger charge is -2.17. The first-order valence-electron chi connectivity index (χ1n) is 5.31. The van der Waals surface area contributed by atoms with Gasteiger partial charge < -0.3 is 14.6 Å². The fourth-order valence-corrected chi connectivity index (χ4v) is 1.91. The molecule has 1 aromatic carbocycles. The van der Waals surface area contributed by atoms with Gasteiger partial charge in [0.05, 0.1) is 23.8 Å². The molecular formula is C12H17BrO3. The number of benzene rings is 1. The lowest BCUT2D eigenvalue weighted by Crippen LogP contribution is -2.08. The number of halogens is 1. The van der Waals surface area contributed by atoms with Gasteiger partial charge in [0.25, 0.3) is 0 Å². The van der Waals surface area contributed by atoms with E-state index in [0.29, 0.717) is 18.1 Å². The maximum atomic E-state index is 9.11. The molecule has 0 unspecified atom stereocenters. The maximum Gasteiger partial charge on any atom is 0.175 e. The Hall–Kier alpha value is -0.740. The summed E-state index contributed by atoms with van der Waals surface area (Å²) >= 11 is 3.42. The van der Waals surface area contributed by atoms with Crippen LogP contribution in [-0.2, 0) is 6.61 Å². The summed E-state index contributed by atoms with van der Waals surface area (Å²) in [5.74, 6) is 1.35. The lowest BCUT2D eigenvalue weighted by atomic mass is 10.2. The molecule has 0 atom stereocenters. The zero-order chi connectivity index (χ0) is 12.1. The van der Waals surface area contributed by atoms with Crippen LogP contribution in [0.3, 0.4) is 0 Å². The van der Waals surface area contributed by atoms with Crippen molar-refractivity contribution in [3.05, 3.63) is 22.2 Å². The molecule has 4 heteroatoms. The van der Waals surface area contributed by atoms with Crippen molar-refractivity contribution < 1.29 is 14.6 Å². The average Bonchev–Trinajstić information content (AvgIpc) is 2.22. The molecule has 0 aliphatic carbocycles. The minimum Gasteiger partial charge on any atom is -0.490 e. The van der Waals surface area contributed by atoms with Crippen LogP contribution in [-0.4, -0.2) is 17.8 Å². The third kappa shape index (κ3) is 3.39. The van der Waals surface area contributed by atoms with Gasteiger partial charge in [0.2, 0.25) is 0 Å². The Morgan fingerprint density at radius 2 is 2.06 bits per heavy atom. The SMILES string of the molecule is CCOc1cc(CO)cc(Br)c1OC(C)C. The molecule has 16 heavy (non-hydrogen) atoms. The summed E-state index contributed by atoms with van der Waals surface area (Å²) in [7, 11) is 0. The van der Waals surface area contributed by atoms with Crippen LogP contribution in [0.15, 0.2) is 16.6 Å². The molecule has 0 aliphatic heterocycles. The van der Waals surface area contributed by atoms with E-state index in [1.807, 2.05) is 26.8 Å². The van der Waals surface area contributed by atoms with E-state index in [1.165, 1.54) is 0 Å². The largest absolute Gasteiger partial charge is 0.490 e. The van der Waals surface area contributed by atoms with Crippen LogP contribution in [0.5, 0.6) is 11.5 Å². The molecule has 3 nitrogen and oxygen atoms in total. The first-order chi connectivity index (χ1) is 7.58. The van der Waals surface area contributed by atoms with E-state index in [-0.39, 0.29) is 12.7 Å².